The molecular formula is C132H81N13S4. The number of hydrogen-bond acceptors (Lipinski definition) is 12. The van der Waals surface area contributed by atoms with Gasteiger partial charge >= 0.3 is 0 Å². The highest BCUT2D eigenvalue weighted by Crippen LogP contribution is 2.48. The van der Waals surface area contributed by atoms with Gasteiger partial charge < -0.3 is 13.5 Å². The number of para-hydroxylation sites is 4. The molecule has 0 bridgehead atoms. The van der Waals surface area contributed by atoms with E-state index in [1.807, 2.05) is 185 Å². The Morgan fingerprint density at radius 2 is 0.523 bits per heavy atom. The number of aromatic nitrogens is 13. The molecule has 13 heterocycles. The minimum atomic E-state index is 0.614. The number of fused-ring (bicyclic) bond motifs is 25. The van der Waals surface area contributed by atoms with Gasteiger partial charge in [-0.05, 0) is 121 Å². The van der Waals surface area contributed by atoms with Crippen molar-refractivity contribution in [1.29, 1.82) is 0 Å². The quantitative estimate of drug-likeness (QED) is 0.125. The third-order valence-electron chi connectivity index (χ3n) is 28.5. The molecule has 0 aliphatic carbocycles. The van der Waals surface area contributed by atoms with Crippen molar-refractivity contribution in [3.05, 3.63) is 492 Å². The molecule has 0 saturated carbocycles. The molecule has 0 N–H and O–H groups in total. The van der Waals surface area contributed by atoms with Crippen LogP contribution in [0.5, 0.6) is 0 Å². The molecule has 0 radical (unpaired) electrons. The van der Waals surface area contributed by atoms with Crippen LogP contribution >= 0.6 is 45.3 Å². The first-order chi connectivity index (χ1) is 73.8. The van der Waals surface area contributed by atoms with Crippen LogP contribution in [0.4, 0.5) is 0 Å². The van der Waals surface area contributed by atoms with Crippen LogP contribution in [0.15, 0.2) is 492 Å². The Balaban J connectivity index is 0.0000000935. The molecule has 0 aliphatic rings. The molecule has 13 nitrogen and oxygen atoms in total. The zero-order chi connectivity index (χ0) is 98.1. The van der Waals surface area contributed by atoms with Gasteiger partial charge in [-0.15, -0.1) is 45.3 Å². The average molecular weight is 1980 g/mol. The van der Waals surface area contributed by atoms with E-state index in [0.29, 0.717) is 17.6 Å². The fourth-order valence-corrected chi connectivity index (χ4v) is 26.1. The van der Waals surface area contributed by atoms with E-state index >= 15 is 0 Å². The van der Waals surface area contributed by atoms with E-state index in [4.69, 9.17) is 39.9 Å². The van der Waals surface area contributed by atoms with Crippen molar-refractivity contribution in [3.63, 3.8) is 0 Å². The predicted octanol–water partition coefficient (Wildman–Crippen LogP) is 35.7. The SMILES string of the molecule is c1ccc(-c2cc(-n3c4ccccc4c4cc5sc6ccccc6c5cc43)nc(-c3ccccc3)n2)cc1.c1ccc(-c2nc(-c3ccccc3)nc(-n3c4ccccc4c4cc5sc6ccccc6c5cc43)n2)cc1.c1ccc(-c2ncc(-n3c4ccccc4c4cc5sc6ccccc6c5cc43)c(-c3ccccc3)n2)cc1.c1ccc2c(c1)sc1cc3c4ccccc4n(-c4ccc(-c5cn6ccccc6n5)cc4)c3cc12. The Hall–Kier alpha value is -18.9. The molecule has 0 unspecified atom stereocenters. The van der Waals surface area contributed by atoms with Gasteiger partial charge in [0.1, 0.15) is 11.5 Å². The van der Waals surface area contributed by atoms with Crippen molar-refractivity contribution < 1.29 is 0 Å². The fourth-order valence-electron chi connectivity index (χ4n) is 21.6. The summed E-state index contributed by atoms with van der Waals surface area (Å²) in [6, 6.07) is 166. The van der Waals surface area contributed by atoms with Crippen molar-refractivity contribution in [2.24, 2.45) is 0 Å². The summed E-state index contributed by atoms with van der Waals surface area (Å²) >= 11 is 7.42. The number of nitrogens with zero attached hydrogens (tertiary/aromatic N) is 13. The highest BCUT2D eigenvalue weighted by Gasteiger charge is 2.27. The Morgan fingerprint density at radius 1 is 0.188 bits per heavy atom. The second kappa shape index (κ2) is 36.2. The lowest BCUT2D eigenvalue weighted by atomic mass is 10.1. The molecule has 0 spiro atoms. The number of imidazole rings is 1. The molecule has 0 fully saturated rings. The summed E-state index contributed by atoms with van der Waals surface area (Å²) in [6.45, 7) is 0. The van der Waals surface area contributed by atoms with Gasteiger partial charge in [-0.25, -0.2) is 29.9 Å². The average Bonchev–Trinajstić information content (AvgIpc) is 1.58. The molecule has 32 rings (SSSR count). The summed E-state index contributed by atoms with van der Waals surface area (Å²) in [5.74, 6) is 4.23. The van der Waals surface area contributed by atoms with Crippen molar-refractivity contribution in [2.75, 3.05) is 0 Å². The molecule has 0 saturated heterocycles. The van der Waals surface area contributed by atoms with E-state index in [9.17, 15) is 0 Å². The van der Waals surface area contributed by atoms with Gasteiger partial charge in [0.2, 0.25) is 5.95 Å². The molecule has 698 valence electrons. The Kier molecular flexibility index (Phi) is 21.1. The van der Waals surface area contributed by atoms with Crippen LogP contribution in [0.25, 0.3) is 276 Å². The molecule has 13 aromatic heterocycles. The second-order valence-electron chi connectivity index (χ2n) is 37.2. The van der Waals surface area contributed by atoms with Gasteiger partial charge in [-0.1, -0.05) is 346 Å². The normalized spacial score (nSPS) is 11.8. The van der Waals surface area contributed by atoms with Crippen LogP contribution in [0.2, 0.25) is 0 Å². The smallest absolute Gasteiger partial charge is 0.238 e. The zero-order valence-electron chi connectivity index (χ0n) is 79.7. The number of benzene rings is 19. The van der Waals surface area contributed by atoms with Gasteiger partial charge in [-0.3, -0.25) is 9.13 Å². The van der Waals surface area contributed by atoms with Gasteiger partial charge in [-0.2, -0.15) is 9.97 Å². The first-order valence-corrected chi connectivity index (χ1v) is 52.9. The van der Waals surface area contributed by atoms with Gasteiger partial charge in [0.25, 0.3) is 0 Å². The maximum absolute atomic E-state index is 5.16. The topological polar surface area (TPSA) is 127 Å². The van der Waals surface area contributed by atoms with Gasteiger partial charge in [0.15, 0.2) is 23.3 Å². The van der Waals surface area contributed by atoms with Gasteiger partial charge in [0, 0.05) is 187 Å². The third-order valence-corrected chi connectivity index (χ3v) is 33.0. The van der Waals surface area contributed by atoms with E-state index < -0.39 is 0 Å². The maximum atomic E-state index is 5.16. The molecule has 17 heteroatoms. The van der Waals surface area contributed by atoms with E-state index in [-0.39, 0.29) is 0 Å². The van der Waals surface area contributed by atoms with Crippen molar-refractivity contribution in [3.8, 4) is 102 Å². The summed E-state index contributed by atoms with van der Waals surface area (Å²) in [5, 5.41) is 20.2. The van der Waals surface area contributed by atoms with Crippen LogP contribution in [-0.4, -0.2) is 62.5 Å². The van der Waals surface area contributed by atoms with Crippen LogP contribution < -0.4 is 0 Å². The summed E-state index contributed by atoms with van der Waals surface area (Å²) in [5.41, 5.74) is 22.3. The molecule has 149 heavy (non-hydrogen) atoms. The van der Waals surface area contributed by atoms with Crippen LogP contribution in [-0.2, 0) is 0 Å². The zero-order valence-corrected chi connectivity index (χ0v) is 83.0. The minimum Gasteiger partial charge on any atom is -0.309 e. The number of thiophene rings is 4. The Morgan fingerprint density at radius 3 is 0.960 bits per heavy atom. The number of hydrogen-bond donors (Lipinski definition) is 0. The Labute approximate surface area is 868 Å². The van der Waals surface area contributed by atoms with Crippen molar-refractivity contribution in [1.82, 2.24) is 62.5 Å². The standard InChI is InChI=1S/2C34H21N3S.C33H20N4S.C31H19N3S/c1-3-11-22(12-4-1)28-21-33(36-34(35-28)23-13-5-2-6-14-23)37-29-17-9-7-15-24(29)26-20-32-27(19-30(26)37)25-16-8-10-18-31(25)38-32;1-3-11-22(12-4-1)33-30(21-35-34(36-33)23-13-5-2-6-14-23)37-28-17-9-7-15-24(28)26-20-32-27(19-29(26)37)25-16-8-10-18-31(25)38-32;1-3-11-21(12-4-1)31-34-32(22-13-5-2-6-14-22)36-33(35-31)37-27-17-9-7-15-23(27)25-20-30-26(19-28(25)37)24-16-8-10-18-29(24)38-30;1-3-9-27-22(7-1)24-18-30-25(23-8-2-4-10-29(23)35-30)17-28(24)34(27)21-14-12-20(13-15-21)26-19-33-16-6-5-11-31(33)32-26/h2*1-21H;1-20H;1-19H. The summed E-state index contributed by atoms with van der Waals surface area (Å²) in [6.07, 6.45) is 6.11. The lowest BCUT2D eigenvalue weighted by Crippen LogP contribution is -2.06. The molecule has 19 aromatic carbocycles. The van der Waals surface area contributed by atoms with E-state index in [1.54, 1.807) is 0 Å². The lowest BCUT2D eigenvalue weighted by molar-refractivity contribution is 0.954. The van der Waals surface area contributed by atoms with E-state index in [0.717, 1.165) is 124 Å². The maximum Gasteiger partial charge on any atom is 0.238 e. The van der Waals surface area contributed by atoms with E-state index in [2.05, 4.69) is 375 Å². The molecule has 0 aliphatic heterocycles. The molecule has 0 atom stereocenters. The number of rotatable bonds is 11. The van der Waals surface area contributed by atoms with Crippen LogP contribution in [0.3, 0.4) is 0 Å². The summed E-state index contributed by atoms with van der Waals surface area (Å²) in [4.78, 5) is 40.0. The lowest BCUT2D eigenvalue weighted by Gasteiger charge is -2.14. The first-order valence-electron chi connectivity index (χ1n) is 49.6. The summed E-state index contributed by atoms with van der Waals surface area (Å²) in [7, 11) is 0. The highest BCUT2D eigenvalue weighted by atomic mass is 32.1. The molecule has 32 aromatic rings. The van der Waals surface area contributed by atoms with E-state index in [1.165, 1.54) is 135 Å². The molecule has 0 amide bonds. The molecular weight excluding hydrogens is 1900 g/mol. The van der Waals surface area contributed by atoms with Crippen LogP contribution in [0.1, 0.15) is 0 Å². The third kappa shape index (κ3) is 15.1. The minimum absolute atomic E-state index is 0.614. The van der Waals surface area contributed by atoms with Crippen molar-refractivity contribution in [2.45, 2.75) is 0 Å². The first kappa shape index (κ1) is 86.8. The second-order valence-corrected chi connectivity index (χ2v) is 41.6. The largest absolute Gasteiger partial charge is 0.309 e. The highest BCUT2D eigenvalue weighted by molar-refractivity contribution is 7.27. The predicted molar refractivity (Wildman–Crippen MR) is 626 cm³/mol. The monoisotopic (exact) mass is 1980 g/mol. The summed E-state index contributed by atoms with van der Waals surface area (Å²) < 4.78 is 21.8. The fraction of sp³-hybridized carbons (Fsp3) is 0. The number of pyridine rings is 1. The van der Waals surface area contributed by atoms with Crippen LogP contribution in [0, 0.1) is 0 Å². The van der Waals surface area contributed by atoms with Crippen molar-refractivity contribution >= 4 is 219 Å². The Bertz CT molecular complexity index is 10400. The van der Waals surface area contributed by atoms with Gasteiger partial charge in [0.05, 0.1) is 73.1 Å².